The van der Waals surface area contributed by atoms with Crippen LogP contribution in [0.3, 0.4) is 0 Å². The molecule has 0 radical (unpaired) electrons. The van der Waals surface area contributed by atoms with Crippen LogP contribution in [-0.2, 0) is 13.0 Å². The van der Waals surface area contributed by atoms with Crippen molar-refractivity contribution in [2.75, 3.05) is 6.54 Å². The number of nitrogens with zero attached hydrogens (tertiary/aromatic N) is 2. The number of fused-ring (bicyclic) bond motifs is 1. The molecule has 178 valence electrons. The van der Waals surface area contributed by atoms with E-state index in [9.17, 15) is 29.6 Å². The lowest BCUT2D eigenvalue weighted by molar-refractivity contribution is -0.386. The third kappa shape index (κ3) is 5.27. The van der Waals surface area contributed by atoms with Crippen molar-refractivity contribution in [3.63, 3.8) is 0 Å². The summed E-state index contributed by atoms with van der Waals surface area (Å²) in [4.78, 5) is 48.8. The standard InChI is InChI=1S/C25H21N3O7/c29-23-19-8-4-5-9-20(19)24(30)27(23)14-18(26-25(31)32)12-17-10-11-21(28(33)34)22(13-17)35-15-16-6-2-1-3-7-16/h1-11,13,18,26H,12,14-15H2,(H,31,32). The minimum Gasteiger partial charge on any atom is -0.482 e. The fraction of sp³-hybridized carbons (Fsp3) is 0.160. The molecule has 0 fully saturated rings. The summed E-state index contributed by atoms with van der Waals surface area (Å²) < 4.78 is 5.70. The highest BCUT2D eigenvalue weighted by molar-refractivity contribution is 6.21. The molecule has 0 bridgehead atoms. The predicted molar refractivity (Wildman–Crippen MR) is 124 cm³/mol. The molecule has 1 atom stereocenters. The minimum absolute atomic E-state index is 0.0335. The molecule has 1 unspecified atom stereocenters. The second-order valence-corrected chi connectivity index (χ2v) is 7.95. The number of benzene rings is 3. The Balaban J connectivity index is 1.54. The number of nitro benzene ring substituents is 1. The zero-order chi connectivity index (χ0) is 24.9. The molecule has 2 N–H and O–H groups in total. The quantitative estimate of drug-likeness (QED) is 0.274. The Bertz CT molecular complexity index is 1260. The first kappa shape index (κ1) is 23.4. The van der Waals surface area contributed by atoms with Gasteiger partial charge in [0.25, 0.3) is 11.8 Å². The van der Waals surface area contributed by atoms with E-state index in [1.54, 1.807) is 24.3 Å². The van der Waals surface area contributed by atoms with Crippen molar-refractivity contribution in [1.82, 2.24) is 10.2 Å². The highest BCUT2D eigenvalue weighted by atomic mass is 16.6. The van der Waals surface area contributed by atoms with Crippen LogP contribution >= 0.6 is 0 Å². The lowest BCUT2D eigenvalue weighted by Gasteiger charge is -2.23. The van der Waals surface area contributed by atoms with Crippen molar-refractivity contribution in [2.45, 2.75) is 19.1 Å². The Morgan fingerprint density at radius 1 is 0.971 bits per heavy atom. The van der Waals surface area contributed by atoms with Gasteiger partial charge in [0.2, 0.25) is 0 Å². The van der Waals surface area contributed by atoms with Gasteiger partial charge in [-0.05, 0) is 35.7 Å². The van der Waals surface area contributed by atoms with E-state index in [1.807, 2.05) is 30.3 Å². The number of carboxylic acid groups (broad SMARTS) is 1. The maximum atomic E-state index is 12.7. The van der Waals surface area contributed by atoms with E-state index in [0.717, 1.165) is 10.5 Å². The third-order valence-electron chi connectivity index (χ3n) is 5.55. The van der Waals surface area contributed by atoms with E-state index in [-0.39, 0.29) is 42.1 Å². The molecule has 4 rings (SSSR count). The van der Waals surface area contributed by atoms with Gasteiger partial charge in [-0.3, -0.25) is 24.6 Å². The monoisotopic (exact) mass is 475 g/mol. The largest absolute Gasteiger partial charge is 0.482 e. The molecule has 1 heterocycles. The molecule has 35 heavy (non-hydrogen) atoms. The topological polar surface area (TPSA) is 139 Å². The SMILES string of the molecule is O=C(O)NC(Cc1ccc([N+](=O)[O-])c(OCc2ccccc2)c1)CN1C(=O)c2ccccc2C1=O. The summed E-state index contributed by atoms with van der Waals surface area (Å²) in [5, 5.41) is 23.1. The summed E-state index contributed by atoms with van der Waals surface area (Å²) in [5.74, 6) is -0.970. The van der Waals surface area contributed by atoms with E-state index in [0.29, 0.717) is 5.56 Å². The molecule has 0 saturated carbocycles. The number of carbonyl (C=O) groups excluding carboxylic acids is 2. The van der Waals surface area contributed by atoms with E-state index in [4.69, 9.17) is 4.74 Å². The first-order valence-corrected chi connectivity index (χ1v) is 10.7. The number of ether oxygens (including phenoxy) is 1. The van der Waals surface area contributed by atoms with Gasteiger partial charge in [-0.25, -0.2) is 4.79 Å². The van der Waals surface area contributed by atoms with Crippen molar-refractivity contribution < 1.29 is 29.2 Å². The molecular weight excluding hydrogens is 454 g/mol. The maximum absolute atomic E-state index is 12.7. The number of rotatable bonds is 9. The highest BCUT2D eigenvalue weighted by Gasteiger charge is 2.36. The molecule has 0 spiro atoms. The third-order valence-corrected chi connectivity index (χ3v) is 5.55. The number of nitrogens with one attached hydrogen (secondary N) is 1. The lowest BCUT2D eigenvalue weighted by atomic mass is 10.0. The summed E-state index contributed by atoms with van der Waals surface area (Å²) in [6.45, 7) is -0.0905. The van der Waals surface area contributed by atoms with Crippen LogP contribution in [0.4, 0.5) is 10.5 Å². The molecule has 0 aliphatic carbocycles. The van der Waals surface area contributed by atoms with Gasteiger partial charge in [-0.2, -0.15) is 0 Å². The lowest BCUT2D eigenvalue weighted by Crippen LogP contribution is -2.46. The van der Waals surface area contributed by atoms with Crippen LogP contribution in [0.15, 0.2) is 72.8 Å². The average Bonchev–Trinajstić information content (AvgIpc) is 3.08. The van der Waals surface area contributed by atoms with Crippen LogP contribution < -0.4 is 10.1 Å². The summed E-state index contributed by atoms with van der Waals surface area (Å²) in [5.41, 5.74) is 1.65. The van der Waals surface area contributed by atoms with E-state index >= 15 is 0 Å². The van der Waals surface area contributed by atoms with Gasteiger partial charge < -0.3 is 15.2 Å². The summed E-state index contributed by atoms with van der Waals surface area (Å²) >= 11 is 0. The van der Waals surface area contributed by atoms with Crippen LogP contribution in [0.2, 0.25) is 0 Å². The molecule has 0 aromatic heterocycles. The first-order chi connectivity index (χ1) is 16.8. The predicted octanol–water partition coefficient (Wildman–Crippen LogP) is 3.65. The fourth-order valence-corrected chi connectivity index (χ4v) is 3.93. The van der Waals surface area contributed by atoms with Crippen LogP contribution in [0, 0.1) is 10.1 Å². The minimum atomic E-state index is -1.32. The highest BCUT2D eigenvalue weighted by Crippen LogP contribution is 2.30. The van der Waals surface area contributed by atoms with Gasteiger partial charge in [-0.15, -0.1) is 0 Å². The fourth-order valence-electron chi connectivity index (χ4n) is 3.93. The summed E-state index contributed by atoms with van der Waals surface area (Å²) in [7, 11) is 0. The normalized spacial score (nSPS) is 13.3. The number of amides is 3. The maximum Gasteiger partial charge on any atom is 0.404 e. The Morgan fingerprint density at radius 2 is 1.60 bits per heavy atom. The van der Waals surface area contributed by atoms with Crippen molar-refractivity contribution in [1.29, 1.82) is 0 Å². The van der Waals surface area contributed by atoms with Gasteiger partial charge in [0, 0.05) is 6.07 Å². The number of hydrogen-bond acceptors (Lipinski definition) is 6. The summed E-state index contributed by atoms with van der Waals surface area (Å²) in [6, 6.07) is 18.9. The van der Waals surface area contributed by atoms with Gasteiger partial charge in [0.05, 0.1) is 28.6 Å². The molecule has 10 heteroatoms. The van der Waals surface area contributed by atoms with Gasteiger partial charge in [0.15, 0.2) is 5.75 Å². The number of nitro groups is 1. The molecule has 10 nitrogen and oxygen atoms in total. The first-order valence-electron chi connectivity index (χ1n) is 10.7. The molecule has 1 aliphatic heterocycles. The Labute approximate surface area is 199 Å². The Hall–Kier alpha value is -4.73. The zero-order valence-corrected chi connectivity index (χ0v) is 18.4. The van der Waals surface area contributed by atoms with Crippen molar-refractivity contribution in [3.05, 3.63) is 105 Å². The van der Waals surface area contributed by atoms with Crippen LogP contribution in [0.25, 0.3) is 0 Å². The Morgan fingerprint density at radius 3 is 2.20 bits per heavy atom. The van der Waals surface area contributed by atoms with Crippen LogP contribution in [0.1, 0.15) is 31.8 Å². The Kier molecular flexibility index (Phi) is 6.72. The average molecular weight is 475 g/mol. The smallest absolute Gasteiger partial charge is 0.404 e. The second-order valence-electron chi connectivity index (χ2n) is 7.95. The molecule has 0 saturated heterocycles. The number of imide groups is 1. The van der Waals surface area contributed by atoms with Crippen molar-refractivity contribution >= 4 is 23.6 Å². The van der Waals surface area contributed by atoms with Gasteiger partial charge in [-0.1, -0.05) is 48.5 Å². The molecular formula is C25H21N3O7. The van der Waals surface area contributed by atoms with Crippen molar-refractivity contribution in [3.8, 4) is 5.75 Å². The van der Waals surface area contributed by atoms with Gasteiger partial charge >= 0.3 is 11.8 Å². The van der Waals surface area contributed by atoms with E-state index in [1.165, 1.54) is 18.2 Å². The molecule has 3 aromatic rings. The van der Waals surface area contributed by atoms with Crippen LogP contribution in [0.5, 0.6) is 5.75 Å². The second kappa shape index (κ2) is 10.0. The molecule has 3 aromatic carbocycles. The zero-order valence-electron chi connectivity index (χ0n) is 18.4. The summed E-state index contributed by atoms with van der Waals surface area (Å²) in [6.07, 6.45) is -1.26. The molecule has 1 aliphatic rings. The van der Waals surface area contributed by atoms with E-state index in [2.05, 4.69) is 5.32 Å². The number of hydrogen-bond donors (Lipinski definition) is 2. The molecule has 3 amide bonds. The van der Waals surface area contributed by atoms with Gasteiger partial charge in [0.1, 0.15) is 6.61 Å². The van der Waals surface area contributed by atoms with Crippen LogP contribution in [-0.4, -0.2) is 45.4 Å². The number of carbonyl (C=O) groups is 3. The van der Waals surface area contributed by atoms with E-state index < -0.39 is 28.9 Å². The van der Waals surface area contributed by atoms with Crippen molar-refractivity contribution in [2.24, 2.45) is 0 Å².